The van der Waals surface area contributed by atoms with Crippen LogP contribution in [-0.4, -0.2) is 41.0 Å². The van der Waals surface area contributed by atoms with Gasteiger partial charge in [-0.25, -0.2) is 4.79 Å². The summed E-state index contributed by atoms with van der Waals surface area (Å²) in [5.41, 5.74) is -1.42. The summed E-state index contributed by atoms with van der Waals surface area (Å²) in [4.78, 5) is 25.7. The quantitative estimate of drug-likeness (QED) is 0.483. The Balaban J connectivity index is 1.53. The number of furan rings is 1. The second-order valence-corrected chi connectivity index (χ2v) is 13.2. The molecule has 5 aliphatic rings. The maximum atomic E-state index is 13.3. The molecule has 0 aromatic carbocycles. The van der Waals surface area contributed by atoms with Gasteiger partial charge in [-0.15, -0.1) is 0 Å². The first kappa shape index (κ1) is 23.5. The molecule has 6 rings (SSSR count). The van der Waals surface area contributed by atoms with Crippen molar-refractivity contribution in [3.05, 3.63) is 24.2 Å². The van der Waals surface area contributed by atoms with Gasteiger partial charge in [-0.1, -0.05) is 34.6 Å². The summed E-state index contributed by atoms with van der Waals surface area (Å²) in [5, 5.41) is 11.0. The molecule has 1 aromatic heterocycles. The molecule has 1 spiro atoms. The number of cyclic esters (lactones) is 1. The third-order valence-electron chi connectivity index (χ3n) is 11.5. The Hall–Kier alpha value is -1.86. The van der Waals surface area contributed by atoms with E-state index in [-0.39, 0.29) is 34.6 Å². The fourth-order valence-electron chi connectivity index (χ4n) is 9.88. The number of carbonyl (C=O) groups excluding carboxylic acids is 2. The summed E-state index contributed by atoms with van der Waals surface area (Å²) in [5.74, 6) is -0.319. The molecule has 5 fully saturated rings. The Morgan fingerprint density at radius 1 is 1.09 bits per heavy atom. The van der Waals surface area contributed by atoms with Crippen LogP contribution in [0.25, 0.3) is 0 Å². The van der Waals surface area contributed by atoms with E-state index in [1.54, 1.807) is 12.5 Å². The molecule has 192 valence electrons. The molecule has 1 N–H and O–H groups in total. The van der Waals surface area contributed by atoms with Crippen molar-refractivity contribution in [1.82, 2.24) is 0 Å². The van der Waals surface area contributed by atoms with Crippen LogP contribution >= 0.6 is 0 Å². The van der Waals surface area contributed by atoms with E-state index < -0.39 is 40.8 Å². The lowest BCUT2D eigenvalue weighted by molar-refractivity contribution is -0.275. The summed E-state index contributed by atoms with van der Waals surface area (Å²) in [6, 6.07) is 1.86. The fraction of sp³-hybridized carbons (Fsp3) is 0.786. The van der Waals surface area contributed by atoms with Crippen molar-refractivity contribution in [3.8, 4) is 0 Å². The van der Waals surface area contributed by atoms with Crippen LogP contribution in [0.15, 0.2) is 23.0 Å². The molecule has 10 atom stereocenters. The molecular formula is C28H38O7. The lowest BCUT2D eigenvalue weighted by atomic mass is 9.34. The zero-order valence-corrected chi connectivity index (χ0v) is 21.6. The fourth-order valence-corrected chi connectivity index (χ4v) is 9.88. The molecule has 35 heavy (non-hydrogen) atoms. The highest BCUT2D eigenvalue weighted by Gasteiger charge is 2.88. The van der Waals surface area contributed by atoms with Gasteiger partial charge in [-0.3, -0.25) is 4.79 Å². The van der Waals surface area contributed by atoms with Gasteiger partial charge < -0.3 is 23.7 Å². The van der Waals surface area contributed by atoms with E-state index in [0.717, 1.165) is 31.2 Å². The summed E-state index contributed by atoms with van der Waals surface area (Å²) in [7, 11) is 0. The van der Waals surface area contributed by atoms with Gasteiger partial charge in [0.2, 0.25) is 0 Å². The van der Waals surface area contributed by atoms with Crippen molar-refractivity contribution in [1.29, 1.82) is 0 Å². The third kappa shape index (κ3) is 2.59. The molecule has 0 bridgehead atoms. The molecule has 3 saturated carbocycles. The number of hydrogen-bond acceptors (Lipinski definition) is 7. The van der Waals surface area contributed by atoms with Gasteiger partial charge in [0.25, 0.3) is 0 Å². The van der Waals surface area contributed by atoms with Crippen molar-refractivity contribution >= 4 is 11.9 Å². The van der Waals surface area contributed by atoms with Gasteiger partial charge in [-0.05, 0) is 60.8 Å². The van der Waals surface area contributed by atoms with E-state index in [2.05, 4.69) is 34.6 Å². The third-order valence-corrected chi connectivity index (χ3v) is 11.5. The van der Waals surface area contributed by atoms with Gasteiger partial charge in [0.1, 0.15) is 17.8 Å². The number of hydrogen-bond donors (Lipinski definition) is 1. The van der Waals surface area contributed by atoms with Crippen LogP contribution in [0, 0.1) is 33.5 Å². The van der Waals surface area contributed by atoms with E-state index >= 15 is 0 Å². The van der Waals surface area contributed by atoms with Gasteiger partial charge in [0, 0.05) is 23.3 Å². The Labute approximate surface area is 206 Å². The largest absolute Gasteiger partial charge is 0.472 e. The summed E-state index contributed by atoms with van der Waals surface area (Å²) >= 11 is 0. The van der Waals surface area contributed by atoms with Crippen molar-refractivity contribution in [2.75, 3.05) is 0 Å². The van der Waals surface area contributed by atoms with Gasteiger partial charge >= 0.3 is 11.9 Å². The SMILES string of the molecule is CC(=O)O[C@H]1C[C@@H]2C(C)(C)[C@H](O)CC[C@]2(C)[C@H]2CC[C@@]3(C)[C@H](c4ccoc4)OC(=O)[C@@H]4O[C@@]43[C@]12C. The van der Waals surface area contributed by atoms with Crippen molar-refractivity contribution < 1.29 is 33.3 Å². The standard InChI is InChI=1S/C28H38O7/c1-15(29)33-20-13-18-24(2,3)19(30)8-10-25(18,4)17-7-11-26(5)21(16-9-12-32-14-16)34-23(31)22-28(26,35-22)27(17,20)6/h9,12,14,17-22,30H,7-8,10-11,13H2,1-6H3/t17-,18-,19-,20+,21+,22+,25-,26+,27+,28+/m1/s1. The molecule has 2 aliphatic heterocycles. The molecule has 1 aromatic rings. The molecule has 2 saturated heterocycles. The molecular weight excluding hydrogens is 448 g/mol. The smallest absolute Gasteiger partial charge is 0.339 e. The van der Waals surface area contributed by atoms with Gasteiger partial charge in [0.15, 0.2) is 6.10 Å². The van der Waals surface area contributed by atoms with E-state index in [9.17, 15) is 14.7 Å². The first-order valence-corrected chi connectivity index (χ1v) is 13.1. The normalized spacial score (nSPS) is 51.7. The topological polar surface area (TPSA) is 98.5 Å². The van der Waals surface area contributed by atoms with Crippen LogP contribution in [0.4, 0.5) is 0 Å². The summed E-state index contributed by atoms with van der Waals surface area (Å²) < 4.78 is 24.1. The number of ether oxygens (including phenoxy) is 3. The molecule has 3 aliphatic carbocycles. The van der Waals surface area contributed by atoms with Crippen molar-refractivity contribution in [2.24, 2.45) is 33.5 Å². The maximum absolute atomic E-state index is 13.3. The molecule has 0 unspecified atom stereocenters. The highest BCUT2D eigenvalue weighted by molar-refractivity contribution is 5.82. The summed E-state index contributed by atoms with van der Waals surface area (Å²) in [6.45, 7) is 12.5. The molecule has 3 heterocycles. The molecule has 7 nitrogen and oxygen atoms in total. The number of aliphatic hydroxyl groups excluding tert-OH is 1. The second-order valence-electron chi connectivity index (χ2n) is 13.2. The minimum absolute atomic E-state index is 0.0762. The Morgan fingerprint density at radius 2 is 1.83 bits per heavy atom. The molecule has 0 amide bonds. The van der Waals surface area contributed by atoms with Crippen LogP contribution < -0.4 is 0 Å². The van der Waals surface area contributed by atoms with Crippen molar-refractivity contribution in [3.63, 3.8) is 0 Å². The average molecular weight is 487 g/mol. The zero-order valence-electron chi connectivity index (χ0n) is 21.6. The van der Waals surface area contributed by atoms with E-state index in [1.165, 1.54) is 6.92 Å². The monoisotopic (exact) mass is 486 g/mol. The predicted octanol–water partition coefficient (Wildman–Crippen LogP) is 4.58. The minimum Gasteiger partial charge on any atom is -0.472 e. The second kappa shape index (κ2) is 6.91. The van der Waals surface area contributed by atoms with Crippen LogP contribution in [0.2, 0.25) is 0 Å². The maximum Gasteiger partial charge on any atom is 0.339 e. The Bertz CT molecular complexity index is 1060. The zero-order chi connectivity index (χ0) is 25.2. The number of rotatable bonds is 2. The van der Waals surface area contributed by atoms with Crippen LogP contribution in [-0.2, 0) is 23.8 Å². The highest BCUT2D eigenvalue weighted by atomic mass is 16.7. The lowest BCUT2D eigenvalue weighted by Crippen LogP contribution is -2.73. The van der Waals surface area contributed by atoms with Gasteiger partial charge in [-0.2, -0.15) is 0 Å². The number of aliphatic hydroxyl groups is 1. The first-order valence-electron chi connectivity index (χ1n) is 13.1. The number of esters is 2. The Kier molecular flexibility index (Phi) is 4.65. The predicted molar refractivity (Wildman–Crippen MR) is 125 cm³/mol. The van der Waals surface area contributed by atoms with E-state index in [0.29, 0.717) is 6.42 Å². The summed E-state index contributed by atoms with van der Waals surface area (Å²) in [6.07, 6.45) is 5.33. The van der Waals surface area contributed by atoms with Crippen LogP contribution in [0.3, 0.4) is 0 Å². The number of fused-ring (bicyclic) bond motifs is 3. The highest BCUT2D eigenvalue weighted by Crippen LogP contribution is 2.80. The Morgan fingerprint density at radius 3 is 2.49 bits per heavy atom. The number of carbonyl (C=O) groups is 2. The molecule has 7 heteroatoms. The average Bonchev–Trinajstić information content (AvgIpc) is 3.35. The van der Waals surface area contributed by atoms with E-state index in [1.807, 2.05) is 6.07 Å². The minimum atomic E-state index is -0.797. The van der Waals surface area contributed by atoms with Crippen LogP contribution in [0.1, 0.15) is 85.3 Å². The lowest BCUT2D eigenvalue weighted by Gasteiger charge is -2.70. The first-order chi connectivity index (χ1) is 16.3. The number of epoxide rings is 1. The molecule has 0 radical (unpaired) electrons. The van der Waals surface area contributed by atoms with Crippen molar-refractivity contribution in [2.45, 2.75) is 104 Å². The van der Waals surface area contributed by atoms with Gasteiger partial charge in [0.05, 0.1) is 18.6 Å². The van der Waals surface area contributed by atoms with Crippen LogP contribution in [0.5, 0.6) is 0 Å². The van der Waals surface area contributed by atoms with E-state index in [4.69, 9.17) is 18.6 Å².